The molecule has 0 aliphatic heterocycles. The summed E-state index contributed by atoms with van der Waals surface area (Å²) in [4.78, 5) is 0. The number of rotatable bonds is 3. The summed E-state index contributed by atoms with van der Waals surface area (Å²) >= 11 is 10.5. The largest absolute Gasteiger partial charge is 0.392 e. The van der Waals surface area contributed by atoms with Gasteiger partial charge in [0, 0.05) is 0 Å². The summed E-state index contributed by atoms with van der Waals surface area (Å²) in [5.74, 6) is 0. The second-order valence-corrected chi connectivity index (χ2v) is 2.68. The summed E-state index contributed by atoms with van der Waals surface area (Å²) in [6, 6.07) is 0. The first-order valence-electron chi connectivity index (χ1n) is 1.97. The maximum Gasteiger partial charge on any atom is 0.193 e. The molecule has 0 heterocycles. The van der Waals surface area contributed by atoms with Crippen LogP contribution in [0.15, 0.2) is 0 Å². The van der Waals surface area contributed by atoms with Crippen molar-refractivity contribution < 1.29 is 10.2 Å². The minimum absolute atomic E-state index is 0.354. The first-order valence-corrected chi connectivity index (χ1v) is 2.72. The Morgan fingerprint density at radius 2 is 1.88 bits per heavy atom. The molecule has 5 heteroatoms. The number of aliphatic hydroxyl groups is 2. The number of alkyl halides is 2. The van der Waals surface area contributed by atoms with E-state index in [4.69, 9.17) is 33.4 Å². The van der Waals surface area contributed by atoms with E-state index >= 15 is 0 Å². The predicted molar refractivity (Wildman–Crippen MR) is 31.7 cm³/mol. The van der Waals surface area contributed by atoms with Gasteiger partial charge in [-0.2, -0.15) is 0 Å². The molecule has 0 radical (unpaired) electrons. The summed E-state index contributed by atoms with van der Waals surface area (Å²) in [5, 5.41) is 18.6. The maximum atomic E-state index is 8.29. The van der Waals surface area contributed by atoms with Gasteiger partial charge in [0.15, 0.2) is 4.46 Å². The number of nitrogens with one attached hydrogen (secondary N) is 1. The van der Waals surface area contributed by atoms with Crippen molar-refractivity contribution in [2.45, 2.75) is 4.46 Å². The quantitative estimate of drug-likeness (QED) is 0.300. The Balaban J connectivity index is 3.37. The van der Waals surface area contributed by atoms with E-state index in [0.29, 0.717) is 0 Å². The highest BCUT2D eigenvalue weighted by atomic mass is 35.5. The first-order chi connectivity index (χ1) is 3.62. The lowest BCUT2D eigenvalue weighted by Crippen LogP contribution is -2.38. The molecule has 0 aliphatic rings. The van der Waals surface area contributed by atoms with Gasteiger partial charge in [0.25, 0.3) is 0 Å². The van der Waals surface area contributed by atoms with Crippen molar-refractivity contribution in [2.24, 2.45) is 0 Å². The molecule has 0 rings (SSSR count). The maximum absolute atomic E-state index is 8.29. The first kappa shape index (κ1) is 8.46. The summed E-state index contributed by atoms with van der Waals surface area (Å²) in [6.07, 6.45) is 0. The molecule has 0 aliphatic carbocycles. The third-order valence-electron chi connectivity index (χ3n) is 0.536. The Bertz CT molecular complexity index is 68.3. The van der Waals surface area contributed by atoms with Gasteiger partial charge in [-0.25, -0.2) is 0 Å². The normalized spacial score (nSPS) is 12.0. The molecule has 0 spiro atoms. The third kappa shape index (κ3) is 3.46. The van der Waals surface area contributed by atoms with Gasteiger partial charge in [-0.1, -0.05) is 23.2 Å². The van der Waals surface area contributed by atoms with Gasteiger partial charge in [0.1, 0.15) is 0 Å². The fourth-order valence-electron chi connectivity index (χ4n) is 0.172. The summed E-state index contributed by atoms with van der Waals surface area (Å²) < 4.78 is -1.41. The topological polar surface area (TPSA) is 52.5 Å². The number of hydrogen-bond donors (Lipinski definition) is 3. The summed E-state index contributed by atoms with van der Waals surface area (Å²) in [5.41, 5.74) is 0. The standard InChI is InChI=1S/C3H7Cl2NO2/c4-3(5,1-7)6-2-8/h6-8H,1-2H2. The van der Waals surface area contributed by atoms with E-state index in [2.05, 4.69) is 5.32 Å². The van der Waals surface area contributed by atoms with Crippen LogP contribution < -0.4 is 5.32 Å². The van der Waals surface area contributed by atoms with E-state index in [1.807, 2.05) is 0 Å². The van der Waals surface area contributed by atoms with Gasteiger partial charge < -0.3 is 10.2 Å². The summed E-state index contributed by atoms with van der Waals surface area (Å²) in [6.45, 7) is -0.787. The van der Waals surface area contributed by atoms with Crippen LogP contribution in [-0.2, 0) is 0 Å². The van der Waals surface area contributed by atoms with Crippen LogP contribution in [0.2, 0.25) is 0 Å². The van der Waals surface area contributed by atoms with E-state index in [1.165, 1.54) is 0 Å². The zero-order chi connectivity index (χ0) is 6.62. The van der Waals surface area contributed by atoms with Crippen LogP contribution in [0.25, 0.3) is 0 Å². The highest BCUT2D eigenvalue weighted by Crippen LogP contribution is 2.14. The van der Waals surface area contributed by atoms with Crippen molar-refractivity contribution in [1.29, 1.82) is 0 Å². The van der Waals surface area contributed by atoms with Crippen LogP contribution in [-0.4, -0.2) is 28.0 Å². The summed E-state index contributed by atoms with van der Waals surface area (Å²) in [7, 11) is 0. The van der Waals surface area contributed by atoms with Crippen molar-refractivity contribution in [3.8, 4) is 0 Å². The minimum Gasteiger partial charge on any atom is -0.392 e. The van der Waals surface area contributed by atoms with Crippen LogP contribution >= 0.6 is 23.2 Å². The number of halogens is 2. The molecule has 0 fully saturated rings. The molecule has 0 saturated heterocycles. The van der Waals surface area contributed by atoms with Crippen molar-refractivity contribution >= 4 is 23.2 Å². The Kier molecular flexibility index (Phi) is 3.68. The molecule has 0 saturated carbocycles. The van der Waals surface area contributed by atoms with Crippen LogP contribution in [0.3, 0.4) is 0 Å². The molecule has 3 nitrogen and oxygen atoms in total. The average Bonchev–Trinajstić information content (AvgIpc) is 1.67. The second kappa shape index (κ2) is 3.48. The molecular weight excluding hydrogens is 153 g/mol. The van der Waals surface area contributed by atoms with E-state index in [0.717, 1.165) is 0 Å². The molecule has 0 unspecified atom stereocenters. The predicted octanol–water partition coefficient (Wildman–Crippen LogP) is -0.350. The Hall–Kier alpha value is 0.460. The lowest BCUT2D eigenvalue weighted by Gasteiger charge is -2.15. The van der Waals surface area contributed by atoms with E-state index in [-0.39, 0.29) is 6.73 Å². The van der Waals surface area contributed by atoms with Crippen molar-refractivity contribution in [2.75, 3.05) is 13.3 Å². The number of hydrogen-bond acceptors (Lipinski definition) is 3. The van der Waals surface area contributed by atoms with Crippen molar-refractivity contribution in [3.63, 3.8) is 0 Å². The van der Waals surface area contributed by atoms with E-state index in [9.17, 15) is 0 Å². The van der Waals surface area contributed by atoms with Gasteiger partial charge >= 0.3 is 0 Å². The van der Waals surface area contributed by atoms with Crippen LogP contribution in [0.1, 0.15) is 0 Å². The smallest absolute Gasteiger partial charge is 0.193 e. The molecule has 3 N–H and O–H groups in total. The lowest BCUT2D eigenvalue weighted by molar-refractivity contribution is 0.204. The molecule has 0 aromatic rings. The van der Waals surface area contributed by atoms with Gasteiger partial charge in [0.2, 0.25) is 0 Å². The molecule has 0 atom stereocenters. The fraction of sp³-hybridized carbons (Fsp3) is 1.00. The average molecular weight is 160 g/mol. The van der Waals surface area contributed by atoms with E-state index in [1.54, 1.807) is 0 Å². The third-order valence-corrected chi connectivity index (χ3v) is 1.04. The Morgan fingerprint density at radius 1 is 1.38 bits per heavy atom. The van der Waals surface area contributed by atoms with Crippen LogP contribution in [0, 0.1) is 0 Å². The molecule has 8 heavy (non-hydrogen) atoms. The lowest BCUT2D eigenvalue weighted by atomic mass is 10.7. The monoisotopic (exact) mass is 159 g/mol. The van der Waals surface area contributed by atoms with Crippen molar-refractivity contribution in [1.82, 2.24) is 5.32 Å². The second-order valence-electron chi connectivity index (χ2n) is 1.20. The minimum atomic E-state index is -1.41. The highest BCUT2D eigenvalue weighted by Gasteiger charge is 2.19. The SMILES string of the molecule is OCNC(Cl)(Cl)CO. The van der Waals surface area contributed by atoms with Gasteiger partial charge in [-0.3, -0.25) is 5.32 Å². The Morgan fingerprint density at radius 3 is 2.00 bits per heavy atom. The Labute approximate surface area is 57.2 Å². The molecule has 0 amide bonds. The van der Waals surface area contributed by atoms with Gasteiger partial charge in [-0.05, 0) is 0 Å². The van der Waals surface area contributed by atoms with Crippen LogP contribution in [0.4, 0.5) is 0 Å². The number of aliphatic hydroxyl groups excluding tert-OH is 2. The highest BCUT2D eigenvalue weighted by molar-refractivity contribution is 6.48. The molecule has 0 aromatic carbocycles. The van der Waals surface area contributed by atoms with Crippen molar-refractivity contribution in [3.05, 3.63) is 0 Å². The van der Waals surface area contributed by atoms with Gasteiger partial charge in [0.05, 0.1) is 13.3 Å². The molecule has 50 valence electrons. The zero-order valence-corrected chi connectivity index (χ0v) is 5.58. The molecule has 0 aromatic heterocycles. The molecule has 0 bridgehead atoms. The van der Waals surface area contributed by atoms with Crippen LogP contribution in [0.5, 0.6) is 0 Å². The fourth-order valence-corrected chi connectivity index (χ4v) is 0.291. The van der Waals surface area contributed by atoms with E-state index < -0.39 is 11.1 Å². The zero-order valence-electron chi connectivity index (χ0n) is 4.06. The van der Waals surface area contributed by atoms with Gasteiger partial charge in [-0.15, -0.1) is 0 Å². The molecular formula is C3H7Cl2NO2.